The maximum Gasteiger partial charge on any atom is 0.573 e. The van der Waals surface area contributed by atoms with Crippen molar-refractivity contribution in [1.82, 2.24) is 9.88 Å². The van der Waals surface area contributed by atoms with Gasteiger partial charge in [-0.15, -0.1) is 13.2 Å². The van der Waals surface area contributed by atoms with Gasteiger partial charge in [-0.25, -0.2) is 9.78 Å². The number of likely N-dealkylation sites (tertiary alicyclic amines) is 1. The van der Waals surface area contributed by atoms with Gasteiger partial charge in [-0.1, -0.05) is 12.1 Å². The Morgan fingerprint density at radius 2 is 1.97 bits per heavy atom. The lowest BCUT2D eigenvalue weighted by Crippen LogP contribution is -2.46. The van der Waals surface area contributed by atoms with Crippen LogP contribution >= 0.6 is 0 Å². The normalized spacial score (nSPS) is 16.2. The molecule has 2 amide bonds. The number of nitrogens with one attached hydrogen (secondary N) is 1. The summed E-state index contributed by atoms with van der Waals surface area (Å²) in [4.78, 5) is 17.9. The minimum Gasteiger partial charge on any atom is -0.481 e. The fourth-order valence-electron chi connectivity index (χ4n) is 3.15. The highest BCUT2D eigenvalue weighted by atomic mass is 19.4. The van der Waals surface area contributed by atoms with Crippen molar-refractivity contribution >= 4 is 11.7 Å². The average Bonchev–Trinajstić information content (AvgIpc) is 2.67. The van der Waals surface area contributed by atoms with Crippen LogP contribution in [0.2, 0.25) is 0 Å². The van der Waals surface area contributed by atoms with Crippen LogP contribution in [0.15, 0.2) is 42.6 Å². The van der Waals surface area contributed by atoms with Gasteiger partial charge < -0.3 is 24.8 Å². The number of anilines is 1. The lowest BCUT2D eigenvalue weighted by atomic mass is 9.84. The van der Waals surface area contributed by atoms with Crippen LogP contribution in [0.3, 0.4) is 0 Å². The van der Waals surface area contributed by atoms with Gasteiger partial charge in [0.2, 0.25) is 5.88 Å². The number of aromatic nitrogens is 1. The number of alkyl halides is 3. The van der Waals surface area contributed by atoms with Gasteiger partial charge in [-0.2, -0.15) is 0 Å². The quantitative estimate of drug-likeness (QED) is 0.805. The number of hydrogen-bond acceptors (Lipinski definition) is 5. The van der Waals surface area contributed by atoms with Crippen LogP contribution < -0.4 is 14.8 Å². The van der Waals surface area contributed by atoms with Crippen molar-refractivity contribution in [3.63, 3.8) is 0 Å². The average molecular weight is 411 g/mol. The summed E-state index contributed by atoms with van der Waals surface area (Å²) >= 11 is 0. The van der Waals surface area contributed by atoms with Crippen molar-refractivity contribution in [2.75, 3.05) is 25.5 Å². The molecule has 10 heteroatoms. The minimum atomic E-state index is -4.81. The van der Waals surface area contributed by atoms with Crippen molar-refractivity contribution in [2.45, 2.75) is 24.8 Å². The monoisotopic (exact) mass is 411 g/mol. The largest absolute Gasteiger partial charge is 0.573 e. The van der Waals surface area contributed by atoms with Crippen LogP contribution in [0.4, 0.5) is 23.7 Å². The van der Waals surface area contributed by atoms with E-state index in [1.807, 2.05) is 0 Å². The molecule has 0 radical (unpaired) electrons. The number of methoxy groups -OCH3 is 1. The Labute approximate surface area is 165 Å². The minimum absolute atomic E-state index is 0.176. The number of piperidine rings is 1. The lowest BCUT2D eigenvalue weighted by molar-refractivity contribution is -0.274. The Morgan fingerprint density at radius 3 is 2.62 bits per heavy atom. The molecular weight excluding hydrogens is 391 g/mol. The SMILES string of the molecule is COc1cc(NC(=O)N2CCC(O)(c3cccc(OC(F)(F)F)c3)CC2)ccn1. The summed E-state index contributed by atoms with van der Waals surface area (Å²) < 4.78 is 46.2. The van der Waals surface area contributed by atoms with E-state index in [0.717, 1.165) is 0 Å². The second kappa shape index (κ2) is 8.16. The van der Waals surface area contributed by atoms with Crippen LogP contribution in [0.5, 0.6) is 11.6 Å². The number of carbonyl (C=O) groups is 1. The molecule has 0 unspecified atom stereocenters. The molecule has 1 aliphatic rings. The topological polar surface area (TPSA) is 83.9 Å². The molecule has 1 aliphatic heterocycles. The zero-order valence-corrected chi connectivity index (χ0v) is 15.6. The van der Waals surface area contributed by atoms with Gasteiger partial charge in [0.1, 0.15) is 5.75 Å². The van der Waals surface area contributed by atoms with E-state index < -0.39 is 17.7 Å². The molecule has 0 bridgehead atoms. The smallest absolute Gasteiger partial charge is 0.481 e. The molecule has 0 atom stereocenters. The van der Waals surface area contributed by atoms with E-state index in [9.17, 15) is 23.1 Å². The van der Waals surface area contributed by atoms with E-state index in [1.165, 1.54) is 36.4 Å². The highest BCUT2D eigenvalue weighted by Gasteiger charge is 2.37. The van der Waals surface area contributed by atoms with Gasteiger partial charge in [0.25, 0.3) is 0 Å². The van der Waals surface area contributed by atoms with Crippen molar-refractivity contribution in [3.05, 3.63) is 48.2 Å². The van der Waals surface area contributed by atoms with E-state index in [0.29, 0.717) is 17.1 Å². The second-order valence-electron chi connectivity index (χ2n) is 6.61. The number of rotatable bonds is 4. The number of benzene rings is 1. The zero-order valence-electron chi connectivity index (χ0n) is 15.6. The summed E-state index contributed by atoms with van der Waals surface area (Å²) in [6.07, 6.45) is -2.96. The molecule has 1 aromatic carbocycles. The maximum atomic E-state index is 12.5. The maximum absolute atomic E-state index is 12.5. The molecule has 1 aromatic heterocycles. The summed E-state index contributed by atoms with van der Waals surface area (Å²) in [5, 5.41) is 13.6. The molecule has 2 aromatic rings. The molecule has 29 heavy (non-hydrogen) atoms. The van der Waals surface area contributed by atoms with Crippen LogP contribution in [0, 0.1) is 0 Å². The lowest BCUT2D eigenvalue weighted by Gasteiger charge is -2.38. The molecule has 7 nitrogen and oxygen atoms in total. The number of nitrogens with zero attached hydrogens (tertiary/aromatic N) is 2. The number of ether oxygens (including phenoxy) is 2. The van der Waals surface area contributed by atoms with Crippen molar-refractivity contribution < 1.29 is 32.5 Å². The Morgan fingerprint density at radius 1 is 1.24 bits per heavy atom. The van der Waals surface area contributed by atoms with Gasteiger partial charge in [0.15, 0.2) is 0 Å². The standard InChI is InChI=1S/C19H20F3N3O4/c1-28-16-12-14(5-8-23-16)24-17(26)25-9-6-18(27,7-10-25)13-3-2-4-15(11-13)29-19(20,21)22/h2-5,8,11-12,27H,6-7,9-10H2,1H3,(H,23,24,26). The van der Waals surface area contributed by atoms with Gasteiger partial charge in [-0.3, -0.25) is 0 Å². The number of amides is 2. The van der Waals surface area contributed by atoms with E-state index in [1.54, 1.807) is 18.2 Å². The predicted octanol–water partition coefficient (Wildman–Crippen LogP) is 3.50. The molecule has 156 valence electrons. The third kappa shape index (κ3) is 5.29. The van der Waals surface area contributed by atoms with Crippen molar-refractivity contribution in [2.24, 2.45) is 0 Å². The van der Waals surface area contributed by atoms with Crippen LogP contribution in [0.1, 0.15) is 18.4 Å². The van der Waals surface area contributed by atoms with E-state index >= 15 is 0 Å². The van der Waals surface area contributed by atoms with Crippen LogP contribution in [-0.2, 0) is 5.60 Å². The van der Waals surface area contributed by atoms with Crippen LogP contribution in [-0.4, -0.2) is 47.6 Å². The van der Waals surface area contributed by atoms with E-state index in [-0.39, 0.29) is 32.0 Å². The van der Waals surface area contributed by atoms with Crippen molar-refractivity contribution in [3.8, 4) is 11.6 Å². The number of carbonyl (C=O) groups excluding carboxylic acids is 1. The first-order chi connectivity index (χ1) is 13.7. The molecule has 0 aliphatic carbocycles. The Kier molecular flexibility index (Phi) is 5.83. The summed E-state index contributed by atoms with van der Waals surface area (Å²) in [6, 6.07) is 8.12. The fourth-order valence-corrected chi connectivity index (χ4v) is 3.15. The zero-order chi connectivity index (χ0) is 21.1. The molecule has 1 saturated heterocycles. The fraction of sp³-hybridized carbons (Fsp3) is 0.368. The highest BCUT2D eigenvalue weighted by molar-refractivity contribution is 5.89. The third-order valence-corrected chi connectivity index (χ3v) is 4.68. The molecule has 0 saturated carbocycles. The summed E-state index contributed by atoms with van der Waals surface area (Å²) in [7, 11) is 1.47. The highest BCUT2D eigenvalue weighted by Crippen LogP contribution is 2.35. The summed E-state index contributed by atoms with van der Waals surface area (Å²) in [5.74, 6) is -0.0352. The number of pyridine rings is 1. The first kappa shape index (κ1) is 20.7. The number of aliphatic hydroxyl groups is 1. The van der Waals surface area contributed by atoms with Gasteiger partial charge in [-0.05, 0) is 36.6 Å². The molecule has 1 fully saturated rings. The number of urea groups is 1. The van der Waals surface area contributed by atoms with Gasteiger partial charge >= 0.3 is 12.4 Å². The summed E-state index contributed by atoms with van der Waals surface area (Å²) in [6.45, 7) is 0.462. The Balaban J connectivity index is 1.63. The third-order valence-electron chi connectivity index (χ3n) is 4.68. The second-order valence-corrected chi connectivity index (χ2v) is 6.61. The molecule has 0 spiro atoms. The Hall–Kier alpha value is -3.01. The first-order valence-electron chi connectivity index (χ1n) is 8.83. The van der Waals surface area contributed by atoms with E-state index in [2.05, 4.69) is 15.0 Å². The molecular formula is C19H20F3N3O4. The molecule has 2 heterocycles. The summed E-state index contributed by atoms with van der Waals surface area (Å²) in [5.41, 5.74) is -0.514. The predicted molar refractivity (Wildman–Crippen MR) is 97.6 cm³/mol. The van der Waals surface area contributed by atoms with Gasteiger partial charge in [0.05, 0.1) is 12.7 Å². The number of halogens is 3. The van der Waals surface area contributed by atoms with Crippen LogP contribution in [0.25, 0.3) is 0 Å². The van der Waals surface area contributed by atoms with Gasteiger partial charge in [0, 0.05) is 31.0 Å². The molecule has 2 N–H and O–H groups in total. The van der Waals surface area contributed by atoms with Crippen molar-refractivity contribution in [1.29, 1.82) is 0 Å². The molecule has 3 rings (SSSR count). The number of hydrogen-bond donors (Lipinski definition) is 2. The Bertz CT molecular complexity index is 868. The van der Waals surface area contributed by atoms with E-state index in [4.69, 9.17) is 4.74 Å². The first-order valence-corrected chi connectivity index (χ1v) is 8.83.